The number of rotatable bonds is 5. The Labute approximate surface area is 160 Å². The van der Waals surface area contributed by atoms with Crippen molar-refractivity contribution < 1.29 is 45.2 Å². The van der Waals surface area contributed by atoms with Crippen LogP contribution in [-0.4, -0.2) is 112 Å². The van der Waals surface area contributed by atoms with Crippen LogP contribution < -0.4 is 0 Å². The minimum Gasteiger partial charge on any atom is -0.396 e. The molecule has 0 saturated carbocycles. The molecule has 2 aliphatic rings. The fraction of sp³-hybridized carbons (Fsp3) is 0.875. The monoisotopic (exact) mass is 405 g/mol. The van der Waals surface area contributed by atoms with E-state index in [1.165, 1.54) is 10.9 Å². The van der Waals surface area contributed by atoms with E-state index < -0.39 is 61.0 Å². The second-order valence-corrected chi connectivity index (χ2v) is 7.30. The van der Waals surface area contributed by atoms with Gasteiger partial charge in [-0.25, -0.2) is 4.68 Å². The zero-order chi connectivity index (χ0) is 20.6. The van der Waals surface area contributed by atoms with Crippen molar-refractivity contribution in [2.24, 2.45) is 0 Å². The highest BCUT2D eigenvalue weighted by molar-refractivity contribution is 5.06. The minimum atomic E-state index is -1.45. The van der Waals surface area contributed by atoms with Crippen molar-refractivity contribution in [1.82, 2.24) is 15.0 Å². The predicted molar refractivity (Wildman–Crippen MR) is 89.7 cm³/mol. The summed E-state index contributed by atoms with van der Waals surface area (Å²) in [5, 5.41) is 76.8. The van der Waals surface area contributed by atoms with E-state index in [9.17, 15) is 30.6 Å². The highest BCUT2D eigenvalue weighted by atomic mass is 16.5. The predicted octanol–water partition coefficient (Wildman–Crippen LogP) is -3.95. The van der Waals surface area contributed by atoms with Gasteiger partial charge in [0.25, 0.3) is 0 Å². The quantitative estimate of drug-likeness (QED) is 0.253. The largest absolute Gasteiger partial charge is 0.396 e. The van der Waals surface area contributed by atoms with Crippen LogP contribution in [0.3, 0.4) is 0 Å². The average Bonchev–Trinajstić information content (AvgIpc) is 3.13. The van der Waals surface area contributed by atoms with Gasteiger partial charge in [0, 0.05) is 6.61 Å². The summed E-state index contributed by atoms with van der Waals surface area (Å²) in [7, 11) is 0. The molecule has 0 aromatic carbocycles. The normalized spacial score (nSPS) is 44.6. The first-order valence-corrected chi connectivity index (χ1v) is 9.14. The second-order valence-electron chi connectivity index (χ2n) is 7.30. The van der Waals surface area contributed by atoms with Gasteiger partial charge < -0.3 is 45.2 Å². The Morgan fingerprint density at radius 2 is 1.54 bits per heavy atom. The maximum Gasteiger partial charge on any atom is 0.132 e. The highest BCUT2D eigenvalue weighted by Gasteiger charge is 2.45. The summed E-state index contributed by atoms with van der Waals surface area (Å²) in [4.78, 5) is 0. The summed E-state index contributed by atoms with van der Waals surface area (Å²) in [6, 6.07) is 0. The van der Waals surface area contributed by atoms with Gasteiger partial charge in [0.15, 0.2) is 0 Å². The van der Waals surface area contributed by atoms with E-state index in [0.29, 0.717) is 0 Å². The van der Waals surface area contributed by atoms with E-state index in [0.717, 1.165) is 0 Å². The third-order valence-electron chi connectivity index (χ3n) is 5.29. The number of nitrogens with zero attached hydrogens (tertiary/aromatic N) is 3. The van der Waals surface area contributed by atoms with Crippen molar-refractivity contribution in [3.05, 3.63) is 11.9 Å². The first kappa shape index (κ1) is 21.5. The zero-order valence-electron chi connectivity index (χ0n) is 15.3. The summed E-state index contributed by atoms with van der Waals surface area (Å²) in [5.74, 6) is 0. The Morgan fingerprint density at radius 1 is 0.893 bits per heavy atom. The number of aromatic nitrogens is 3. The Kier molecular flexibility index (Phi) is 6.64. The molecule has 3 rings (SSSR count). The van der Waals surface area contributed by atoms with Crippen molar-refractivity contribution >= 4 is 0 Å². The number of aliphatic hydroxyl groups is 7. The standard InChI is InChI=1S/C16H27N3O9/c1-6-10(21)13(24)15(26)16(27-6)7-4-19(18-17-7)5-9-12(23)14(25)11(22)8(28-9)2-3-20/h4,6,8-16,20-26H,2-3,5H2,1H3/t6-,8-,9-,10-,11-,12-,13+,14-,15+,16-/m1/s1. The molecule has 0 aliphatic carbocycles. The summed E-state index contributed by atoms with van der Waals surface area (Å²) in [6.45, 7) is 1.27. The number of hydrogen-bond donors (Lipinski definition) is 7. The topological polar surface area (TPSA) is 191 Å². The van der Waals surface area contributed by atoms with Crippen LogP contribution in [0.5, 0.6) is 0 Å². The van der Waals surface area contributed by atoms with Gasteiger partial charge in [-0.15, -0.1) is 5.10 Å². The lowest BCUT2D eigenvalue weighted by atomic mass is 9.93. The van der Waals surface area contributed by atoms with Crippen molar-refractivity contribution in [3.8, 4) is 0 Å². The third kappa shape index (κ3) is 4.06. The molecule has 10 atom stereocenters. The van der Waals surface area contributed by atoms with Crippen molar-refractivity contribution in [2.75, 3.05) is 6.61 Å². The molecule has 2 fully saturated rings. The molecule has 1 aromatic heterocycles. The Morgan fingerprint density at radius 3 is 2.21 bits per heavy atom. The van der Waals surface area contributed by atoms with Gasteiger partial charge in [0.2, 0.25) is 0 Å². The molecule has 0 radical (unpaired) electrons. The van der Waals surface area contributed by atoms with Crippen LogP contribution in [0.15, 0.2) is 6.20 Å². The van der Waals surface area contributed by atoms with Gasteiger partial charge in [-0.1, -0.05) is 5.21 Å². The molecule has 160 valence electrons. The van der Waals surface area contributed by atoms with E-state index in [-0.39, 0.29) is 25.3 Å². The van der Waals surface area contributed by atoms with Crippen molar-refractivity contribution in [1.29, 1.82) is 0 Å². The van der Waals surface area contributed by atoms with Crippen LogP contribution in [0, 0.1) is 0 Å². The third-order valence-corrected chi connectivity index (χ3v) is 5.29. The molecular weight excluding hydrogens is 378 g/mol. The van der Waals surface area contributed by atoms with E-state index in [2.05, 4.69) is 10.3 Å². The smallest absolute Gasteiger partial charge is 0.132 e. The van der Waals surface area contributed by atoms with Gasteiger partial charge in [0.05, 0.1) is 24.9 Å². The lowest BCUT2D eigenvalue weighted by Crippen LogP contribution is -2.58. The van der Waals surface area contributed by atoms with Crippen LogP contribution in [0.1, 0.15) is 25.1 Å². The van der Waals surface area contributed by atoms with Crippen LogP contribution in [-0.2, 0) is 16.0 Å². The van der Waals surface area contributed by atoms with E-state index >= 15 is 0 Å². The molecule has 7 N–H and O–H groups in total. The van der Waals surface area contributed by atoms with Gasteiger partial charge in [0.1, 0.15) is 54.5 Å². The fourth-order valence-electron chi connectivity index (χ4n) is 3.56. The van der Waals surface area contributed by atoms with Crippen molar-refractivity contribution in [3.63, 3.8) is 0 Å². The molecule has 0 unspecified atom stereocenters. The van der Waals surface area contributed by atoms with E-state index in [1.54, 1.807) is 6.92 Å². The van der Waals surface area contributed by atoms with Crippen LogP contribution >= 0.6 is 0 Å². The molecule has 12 heteroatoms. The Hall–Kier alpha value is -1.22. The molecule has 3 heterocycles. The first-order valence-electron chi connectivity index (χ1n) is 9.14. The summed E-state index contributed by atoms with van der Waals surface area (Å²) in [6.07, 6.45) is -10.2. The highest BCUT2D eigenvalue weighted by Crippen LogP contribution is 2.31. The molecule has 2 saturated heterocycles. The summed E-state index contributed by atoms with van der Waals surface area (Å²) in [5.41, 5.74) is 0.211. The molecule has 0 spiro atoms. The molecular formula is C16H27N3O9. The maximum atomic E-state index is 10.2. The SMILES string of the molecule is C[C@H]1O[C@H](c2cn(C[C@H]3O[C@H](CCO)[C@@H](O)[C@@H](O)[C@@H]3O)nn2)[C@@H](O)[C@@H](O)[C@@H]1O. The molecule has 0 bridgehead atoms. The molecule has 2 aliphatic heterocycles. The number of aliphatic hydroxyl groups excluding tert-OH is 7. The Balaban J connectivity index is 1.70. The minimum absolute atomic E-state index is 0.0244. The number of hydrogen-bond acceptors (Lipinski definition) is 11. The average molecular weight is 405 g/mol. The van der Waals surface area contributed by atoms with Crippen LogP contribution in [0.25, 0.3) is 0 Å². The van der Waals surface area contributed by atoms with Crippen LogP contribution in [0.2, 0.25) is 0 Å². The number of ether oxygens (including phenoxy) is 2. The lowest BCUT2D eigenvalue weighted by molar-refractivity contribution is -0.227. The van der Waals surface area contributed by atoms with Crippen molar-refractivity contribution in [2.45, 2.75) is 80.9 Å². The van der Waals surface area contributed by atoms with Gasteiger partial charge >= 0.3 is 0 Å². The summed E-state index contributed by atoms with van der Waals surface area (Å²) < 4.78 is 12.4. The first-order chi connectivity index (χ1) is 13.2. The molecule has 12 nitrogen and oxygen atoms in total. The molecule has 28 heavy (non-hydrogen) atoms. The van der Waals surface area contributed by atoms with E-state index in [4.69, 9.17) is 14.6 Å². The second kappa shape index (κ2) is 8.65. The zero-order valence-corrected chi connectivity index (χ0v) is 15.3. The maximum absolute atomic E-state index is 10.2. The van der Waals surface area contributed by atoms with E-state index in [1.807, 2.05) is 0 Å². The van der Waals surface area contributed by atoms with Gasteiger partial charge in [-0.2, -0.15) is 0 Å². The van der Waals surface area contributed by atoms with Crippen LogP contribution in [0.4, 0.5) is 0 Å². The Bertz CT molecular complexity index is 647. The summed E-state index contributed by atoms with van der Waals surface area (Å²) >= 11 is 0. The molecule has 0 amide bonds. The van der Waals surface area contributed by atoms with Gasteiger partial charge in [-0.3, -0.25) is 0 Å². The fourth-order valence-corrected chi connectivity index (χ4v) is 3.56. The lowest BCUT2D eigenvalue weighted by Gasteiger charge is -2.40. The van der Waals surface area contributed by atoms with Gasteiger partial charge in [-0.05, 0) is 13.3 Å². The molecule has 1 aromatic rings.